The Bertz CT molecular complexity index is 3530. The van der Waals surface area contributed by atoms with Crippen molar-refractivity contribution in [2.24, 2.45) is 0 Å². The van der Waals surface area contributed by atoms with Gasteiger partial charge in [0, 0.05) is 44.9 Å². The molecule has 3 nitrogen and oxygen atoms in total. The highest BCUT2D eigenvalue weighted by atomic mass is 15.2. The first kappa shape index (κ1) is 52.7. The summed E-state index contributed by atoms with van der Waals surface area (Å²) in [6.07, 6.45) is 4.69. The van der Waals surface area contributed by atoms with Gasteiger partial charge in [0.25, 0.3) is 6.71 Å². The summed E-state index contributed by atoms with van der Waals surface area (Å²) in [6.45, 7) is 48.0. The Morgan fingerprint density at radius 1 is 0.333 bits per heavy atom. The van der Waals surface area contributed by atoms with E-state index < -0.39 is 0 Å². The van der Waals surface area contributed by atoms with Gasteiger partial charge in [0.2, 0.25) is 0 Å². The number of hydrogen-bond donors (Lipinski definition) is 0. The summed E-state index contributed by atoms with van der Waals surface area (Å²) in [6, 6.07) is 49.8. The molecule has 0 fully saturated rings. The van der Waals surface area contributed by atoms with E-state index in [4.69, 9.17) is 0 Å². The van der Waals surface area contributed by atoms with Crippen molar-refractivity contribution in [3.63, 3.8) is 0 Å². The van der Waals surface area contributed by atoms with Crippen molar-refractivity contribution in [2.45, 2.75) is 207 Å². The number of nitrogens with zero attached hydrogens (tertiary/aromatic N) is 3. The third kappa shape index (κ3) is 8.17. The number of fused-ring (bicyclic) bond motifs is 9. The predicted octanol–water partition coefficient (Wildman–Crippen LogP) is 18.8. The number of anilines is 6. The lowest BCUT2D eigenvalue weighted by molar-refractivity contribution is 0.332. The zero-order valence-electron chi connectivity index (χ0n) is 51.3. The van der Waals surface area contributed by atoms with Crippen molar-refractivity contribution in [3.05, 3.63) is 166 Å². The number of aromatic nitrogens is 1. The fourth-order valence-electron chi connectivity index (χ4n) is 14.2. The van der Waals surface area contributed by atoms with Crippen LogP contribution in [0.15, 0.2) is 121 Å². The molecule has 0 amide bonds. The standard InChI is InChI=1S/C74H88BN3/c1-67(2,3)45-21-27-49(28-22-45)76-60-31-25-47(69(7,8)9)37-58(60)75-59-38-48(70(10,11)12)26-32-61(59)77(50-29-23-46(24-30-50)68(4,5)6)65-40-51(39-64(76)66(65)75)78-62-43-56-54(71(13,14)33-35-73(56,17)18)41-52(62)53-42-55-57(44-63(53)78)74(19,20)36-34-72(55,15)16/h21-32,37-44H,33-36H2,1-20H3. The zero-order valence-corrected chi connectivity index (χ0v) is 51.3. The van der Waals surface area contributed by atoms with E-state index in [0.717, 1.165) is 0 Å². The first-order valence-corrected chi connectivity index (χ1v) is 29.6. The molecule has 0 radical (unpaired) electrons. The minimum absolute atomic E-state index is 0.0166. The molecule has 402 valence electrons. The molecule has 2 aliphatic heterocycles. The Morgan fingerprint density at radius 2 is 0.641 bits per heavy atom. The van der Waals surface area contributed by atoms with Crippen molar-refractivity contribution in [3.8, 4) is 5.69 Å². The van der Waals surface area contributed by atoms with Gasteiger partial charge in [-0.25, -0.2) is 0 Å². The maximum absolute atomic E-state index is 2.71. The van der Waals surface area contributed by atoms with Crippen molar-refractivity contribution in [1.29, 1.82) is 0 Å². The van der Waals surface area contributed by atoms with Crippen molar-refractivity contribution >= 4 is 79.0 Å². The molecule has 8 aromatic rings. The van der Waals surface area contributed by atoms with Gasteiger partial charge in [-0.1, -0.05) is 187 Å². The maximum Gasteiger partial charge on any atom is 0.252 e. The summed E-state index contributed by atoms with van der Waals surface area (Å²) in [4.78, 5) is 5.28. The van der Waals surface area contributed by atoms with Crippen molar-refractivity contribution in [2.75, 3.05) is 9.80 Å². The van der Waals surface area contributed by atoms with E-state index in [-0.39, 0.29) is 50.0 Å². The number of benzene rings is 7. The Morgan fingerprint density at radius 3 is 0.962 bits per heavy atom. The van der Waals surface area contributed by atoms with Crippen LogP contribution in [0.2, 0.25) is 0 Å². The minimum atomic E-state index is -0.0464. The highest BCUT2D eigenvalue weighted by Gasteiger charge is 2.46. The Labute approximate surface area is 469 Å². The molecule has 78 heavy (non-hydrogen) atoms. The average Bonchev–Trinajstić information content (AvgIpc) is 3.77. The van der Waals surface area contributed by atoms with Gasteiger partial charge in [-0.2, -0.15) is 0 Å². The molecule has 3 heterocycles. The molecule has 12 rings (SSSR count). The van der Waals surface area contributed by atoms with E-state index in [9.17, 15) is 0 Å². The van der Waals surface area contributed by atoms with Gasteiger partial charge in [0.15, 0.2) is 0 Å². The topological polar surface area (TPSA) is 11.4 Å². The quantitative estimate of drug-likeness (QED) is 0.163. The smallest absolute Gasteiger partial charge is 0.252 e. The second kappa shape index (κ2) is 16.8. The summed E-state index contributed by atoms with van der Waals surface area (Å²) in [7, 11) is 0. The van der Waals surface area contributed by atoms with Gasteiger partial charge in [0.05, 0.1) is 16.7 Å². The molecule has 0 N–H and O–H groups in total. The molecule has 1 aromatic heterocycles. The molecule has 2 aliphatic carbocycles. The Balaban J connectivity index is 1.26. The minimum Gasteiger partial charge on any atom is -0.311 e. The van der Waals surface area contributed by atoms with E-state index >= 15 is 0 Å². The molecule has 7 aromatic carbocycles. The Kier molecular flexibility index (Phi) is 11.3. The Hall–Kier alpha value is -6.00. The molecule has 0 bridgehead atoms. The van der Waals surface area contributed by atoms with Gasteiger partial charge in [-0.3, -0.25) is 0 Å². The molecule has 4 aliphatic rings. The van der Waals surface area contributed by atoms with Crippen LogP contribution in [0.5, 0.6) is 0 Å². The van der Waals surface area contributed by atoms with E-state index in [1.54, 1.807) is 0 Å². The molecule has 0 saturated carbocycles. The monoisotopic (exact) mass is 1030 g/mol. The van der Waals surface area contributed by atoms with Gasteiger partial charge in [-0.15, -0.1) is 0 Å². The summed E-state index contributed by atoms with van der Waals surface area (Å²) < 4.78 is 2.71. The van der Waals surface area contributed by atoms with Gasteiger partial charge in [0.1, 0.15) is 0 Å². The first-order valence-electron chi connectivity index (χ1n) is 29.6. The first-order chi connectivity index (χ1) is 36.2. The van der Waals surface area contributed by atoms with Crippen LogP contribution in [-0.2, 0) is 43.3 Å². The highest BCUT2D eigenvalue weighted by molar-refractivity contribution is 7.00. The van der Waals surface area contributed by atoms with Crippen LogP contribution in [0.4, 0.5) is 34.1 Å². The molecule has 0 unspecified atom stereocenters. The van der Waals surface area contributed by atoms with Crippen LogP contribution >= 0.6 is 0 Å². The predicted molar refractivity (Wildman–Crippen MR) is 340 cm³/mol. The molecular formula is C74H88BN3. The normalized spacial score (nSPS) is 18.1. The van der Waals surface area contributed by atoms with E-state index in [0.29, 0.717) is 0 Å². The third-order valence-electron chi connectivity index (χ3n) is 19.7. The molecule has 0 atom stereocenters. The largest absolute Gasteiger partial charge is 0.311 e. The lowest BCUT2D eigenvalue weighted by atomic mass is 9.33. The SMILES string of the molecule is CC(C)(C)c1ccc(N2c3ccc(C(C)(C)C)cc3B3c4cc(C(C)(C)C)ccc4N(c4ccc(C(C)(C)C)cc4)c4cc(-n5c6cc7c(cc6c6cc8c(cc65)C(C)(C)CCC8(C)C)C(C)(C)CCC7(C)C)cc2c43)cc1. The molecular weight excluding hydrogens is 942 g/mol. The maximum atomic E-state index is 2.71. The molecule has 0 saturated heterocycles. The van der Waals surface area contributed by atoms with Gasteiger partial charge < -0.3 is 14.4 Å². The van der Waals surface area contributed by atoms with Crippen LogP contribution < -0.4 is 26.2 Å². The molecule has 4 heteroatoms. The van der Waals surface area contributed by atoms with E-state index in [1.807, 2.05) is 0 Å². The highest BCUT2D eigenvalue weighted by Crippen LogP contribution is 2.53. The van der Waals surface area contributed by atoms with Crippen LogP contribution in [0.25, 0.3) is 27.5 Å². The lowest BCUT2D eigenvalue weighted by Crippen LogP contribution is -2.61. The molecule has 0 spiro atoms. The lowest BCUT2D eigenvalue weighted by Gasteiger charge is -2.45. The second-order valence-electron chi connectivity index (χ2n) is 31.3. The number of hydrogen-bond acceptors (Lipinski definition) is 2. The van der Waals surface area contributed by atoms with Crippen LogP contribution in [-0.4, -0.2) is 11.3 Å². The van der Waals surface area contributed by atoms with Crippen LogP contribution in [0, 0.1) is 0 Å². The summed E-state index contributed by atoms with van der Waals surface area (Å²) >= 11 is 0. The number of rotatable bonds is 3. The van der Waals surface area contributed by atoms with Gasteiger partial charge >= 0.3 is 0 Å². The summed E-state index contributed by atoms with van der Waals surface area (Å²) in [5, 5.41) is 2.73. The summed E-state index contributed by atoms with van der Waals surface area (Å²) in [5.74, 6) is 0. The average molecular weight is 1030 g/mol. The fourth-order valence-corrected chi connectivity index (χ4v) is 14.2. The van der Waals surface area contributed by atoms with Gasteiger partial charge in [-0.05, 0) is 203 Å². The summed E-state index contributed by atoms with van der Waals surface area (Å²) in [5.41, 5.74) is 26.8. The van der Waals surface area contributed by atoms with E-state index in [2.05, 4.69) is 274 Å². The third-order valence-corrected chi connectivity index (χ3v) is 19.7. The van der Waals surface area contributed by atoms with Crippen LogP contribution in [0.1, 0.15) is 209 Å². The second-order valence-corrected chi connectivity index (χ2v) is 31.3. The van der Waals surface area contributed by atoms with E-state index in [1.165, 1.54) is 148 Å². The fraction of sp³-hybridized carbons (Fsp3) is 0.432. The zero-order chi connectivity index (χ0) is 56.0. The van der Waals surface area contributed by atoms with Crippen LogP contribution in [0.3, 0.4) is 0 Å². The van der Waals surface area contributed by atoms with Crippen molar-refractivity contribution in [1.82, 2.24) is 4.57 Å². The van der Waals surface area contributed by atoms with Crippen molar-refractivity contribution < 1.29 is 0 Å².